The van der Waals surface area contributed by atoms with Crippen LogP contribution in [0.3, 0.4) is 0 Å². The second-order valence-corrected chi connectivity index (χ2v) is 5.41. The van der Waals surface area contributed by atoms with E-state index in [2.05, 4.69) is 29.4 Å². The number of nitrogens with one attached hydrogen (secondary N) is 2. The predicted molar refractivity (Wildman–Crippen MR) is 73.4 cm³/mol. The van der Waals surface area contributed by atoms with Crippen LogP contribution >= 0.6 is 0 Å². The highest BCUT2D eigenvalue weighted by Gasteiger charge is 2.27. The zero-order chi connectivity index (χ0) is 13.0. The molecule has 0 spiro atoms. The third kappa shape index (κ3) is 3.43. The Kier molecular flexibility index (Phi) is 4.19. The van der Waals surface area contributed by atoms with Crippen LogP contribution in [0.1, 0.15) is 13.8 Å². The molecule has 1 fully saturated rings. The van der Waals surface area contributed by atoms with Gasteiger partial charge in [0.2, 0.25) is 0 Å². The van der Waals surface area contributed by atoms with E-state index < -0.39 is 0 Å². The van der Waals surface area contributed by atoms with Gasteiger partial charge in [0, 0.05) is 44.0 Å². The van der Waals surface area contributed by atoms with E-state index in [1.165, 1.54) is 12.1 Å². The number of hydrogen-bond donors (Lipinski definition) is 2. The van der Waals surface area contributed by atoms with Gasteiger partial charge in [-0.15, -0.1) is 0 Å². The lowest BCUT2D eigenvalue weighted by Gasteiger charge is -2.41. The zero-order valence-electron chi connectivity index (χ0n) is 11.2. The molecule has 1 aliphatic rings. The molecule has 1 aromatic carbocycles. The molecule has 0 unspecified atom stereocenters. The molecule has 2 rings (SSSR count). The van der Waals surface area contributed by atoms with Gasteiger partial charge in [-0.2, -0.15) is 0 Å². The summed E-state index contributed by atoms with van der Waals surface area (Å²) in [5.74, 6) is -0.193. The standard InChI is InChI=1S/C14H22FN3/c1-14(2,18-9-7-16-8-10-18)11-17-13-5-3-12(15)4-6-13/h3-6,16-17H,7-11H2,1-2H3. The second-order valence-electron chi connectivity index (χ2n) is 5.41. The maximum Gasteiger partial charge on any atom is 0.123 e. The Hall–Kier alpha value is -1.13. The molecular formula is C14H22FN3. The van der Waals surface area contributed by atoms with Crippen molar-refractivity contribution in [3.63, 3.8) is 0 Å². The smallest absolute Gasteiger partial charge is 0.123 e. The number of benzene rings is 1. The van der Waals surface area contributed by atoms with Crippen molar-refractivity contribution < 1.29 is 4.39 Å². The number of nitrogens with zero attached hydrogens (tertiary/aromatic N) is 1. The molecule has 0 radical (unpaired) electrons. The molecule has 4 heteroatoms. The molecular weight excluding hydrogens is 229 g/mol. The SMILES string of the molecule is CC(C)(CNc1ccc(F)cc1)N1CCNCC1. The Labute approximate surface area is 108 Å². The molecule has 0 saturated carbocycles. The average molecular weight is 251 g/mol. The highest BCUT2D eigenvalue weighted by Crippen LogP contribution is 2.17. The van der Waals surface area contributed by atoms with Crippen molar-refractivity contribution in [2.75, 3.05) is 38.0 Å². The van der Waals surface area contributed by atoms with Crippen LogP contribution in [-0.4, -0.2) is 43.2 Å². The topological polar surface area (TPSA) is 27.3 Å². The van der Waals surface area contributed by atoms with E-state index in [9.17, 15) is 4.39 Å². The molecule has 0 aliphatic carbocycles. The number of anilines is 1. The summed E-state index contributed by atoms with van der Waals surface area (Å²) in [4.78, 5) is 2.49. The molecule has 1 saturated heterocycles. The van der Waals surface area contributed by atoms with Crippen molar-refractivity contribution in [1.29, 1.82) is 0 Å². The van der Waals surface area contributed by atoms with Gasteiger partial charge in [-0.05, 0) is 38.1 Å². The normalized spacial score (nSPS) is 17.7. The van der Waals surface area contributed by atoms with E-state index in [0.29, 0.717) is 0 Å². The van der Waals surface area contributed by atoms with Crippen LogP contribution in [0.15, 0.2) is 24.3 Å². The van der Waals surface area contributed by atoms with Crippen LogP contribution in [0.4, 0.5) is 10.1 Å². The predicted octanol–water partition coefficient (Wildman–Crippen LogP) is 1.92. The third-order valence-electron chi connectivity index (χ3n) is 3.54. The molecule has 3 nitrogen and oxygen atoms in total. The van der Waals surface area contributed by atoms with Crippen molar-refractivity contribution in [2.45, 2.75) is 19.4 Å². The van der Waals surface area contributed by atoms with Crippen molar-refractivity contribution >= 4 is 5.69 Å². The van der Waals surface area contributed by atoms with E-state index in [1.54, 1.807) is 12.1 Å². The van der Waals surface area contributed by atoms with Gasteiger partial charge in [0.1, 0.15) is 5.82 Å². The highest BCUT2D eigenvalue weighted by atomic mass is 19.1. The number of hydrogen-bond acceptors (Lipinski definition) is 3. The fraction of sp³-hybridized carbons (Fsp3) is 0.571. The van der Waals surface area contributed by atoms with Crippen molar-refractivity contribution in [3.05, 3.63) is 30.1 Å². The fourth-order valence-electron chi connectivity index (χ4n) is 2.27. The van der Waals surface area contributed by atoms with Crippen LogP contribution in [0.5, 0.6) is 0 Å². The maximum atomic E-state index is 12.8. The first-order valence-electron chi connectivity index (χ1n) is 6.53. The minimum Gasteiger partial charge on any atom is -0.383 e. The summed E-state index contributed by atoms with van der Waals surface area (Å²) in [6.45, 7) is 9.62. The molecule has 1 aliphatic heterocycles. The third-order valence-corrected chi connectivity index (χ3v) is 3.54. The molecule has 2 N–H and O–H groups in total. The number of halogens is 1. The molecule has 0 atom stereocenters. The largest absolute Gasteiger partial charge is 0.383 e. The van der Waals surface area contributed by atoms with E-state index >= 15 is 0 Å². The summed E-state index contributed by atoms with van der Waals surface area (Å²) >= 11 is 0. The van der Waals surface area contributed by atoms with Crippen molar-refractivity contribution in [3.8, 4) is 0 Å². The van der Waals surface area contributed by atoms with Crippen molar-refractivity contribution in [1.82, 2.24) is 10.2 Å². The molecule has 100 valence electrons. The fourth-order valence-corrected chi connectivity index (χ4v) is 2.27. The van der Waals surface area contributed by atoms with E-state index in [0.717, 1.165) is 38.4 Å². The molecule has 18 heavy (non-hydrogen) atoms. The summed E-state index contributed by atoms with van der Waals surface area (Å²) in [5.41, 5.74) is 1.08. The van der Waals surface area contributed by atoms with Crippen LogP contribution in [-0.2, 0) is 0 Å². The van der Waals surface area contributed by atoms with E-state index in [4.69, 9.17) is 0 Å². The summed E-state index contributed by atoms with van der Waals surface area (Å²) in [6.07, 6.45) is 0. The van der Waals surface area contributed by atoms with Gasteiger partial charge in [0.05, 0.1) is 0 Å². The van der Waals surface area contributed by atoms with Crippen LogP contribution < -0.4 is 10.6 Å². The number of piperazine rings is 1. The average Bonchev–Trinajstić information content (AvgIpc) is 2.39. The highest BCUT2D eigenvalue weighted by molar-refractivity contribution is 5.43. The van der Waals surface area contributed by atoms with Gasteiger partial charge in [-0.25, -0.2) is 4.39 Å². The summed E-state index contributed by atoms with van der Waals surface area (Å²) in [6, 6.07) is 6.53. The van der Waals surface area contributed by atoms with Crippen molar-refractivity contribution in [2.24, 2.45) is 0 Å². The first kappa shape index (κ1) is 13.3. The first-order chi connectivity index (χ1) is 8.58. The summed E-state index contributed by atoms with van der Waals surface area (Å²) < 4.78 is 12.8. The first-order valence-corrected chi connectivity index (χ1v) is 6.53. The van der Waals surface area contributed by atoms with E-state index in [-0.39, 0.29) is 11.4 Å². The quantitative estimate of drug-likeness (QED) is 0.856. The van der Waals surface area contributed by atoms with Gasteiger partial charge in [0.15, 0.2) is 0 Å². The Morgan fingerprint density at radius 2 is 1.83 bits per heavy atom. The van der Waals surface area contributed by atoms with Gasteiger partial charge in [-0.3, -0.25) is 4.90 Å². The lowest BCUT2D eigenvalue weighted by molar-refractivity contribution is 0.114. The molecule has 0 bridgehead atoms. The minimum atomic E-state index is -0.193. The van der Waals surface area contributed by atoms with Crippen LogP contribution in [0.2, 0.25) is 0 Å². The monoisotopic (exact) mass is 251 g/mol. The minimum absolute atomic E-state index is 0.108. The zero-order valence-corrected chi connectivity index (χ0v) is 11.2. The maximum absolute atomic E-state index is 12.8. The van der Waals surface area contributed by atoms with Crippen LogP contribution in [0, 0.1) is 5.82 Å². The number of rotatable bonds is 4. The molecule has 1 aromatic rings. The lowest BCUT2D eigenvalue weighted by Crippen LogP contribution is -2.56. The van der Waals surface area contributed by atoms with Gasteiger partial charge in [0.25, 0.3) is 0 Å². The molecule has 0 amide bonds. The summed E-state index contributed by atoms with van der Waals surface area (Å²) in [7, 11) is 0. The Bertz CT molecular complexity index is 369. The molecule has 0 aromatic heterocycles. The van der Waals surface area contributed by atoms with E-state index in [1.807, 2.05) is 0 Å². The van der Waals surface area contributed by atoms with Crippen LogP contribution in [0.25, 0.3) is 0 Å². The van der Waals surface area contributed by atoms with Gasteiger partial charge in [-0.1, -0.05) is 0 Å². The van der Waals surface area contributed by atoms with Gasteiger partial charge < -0.3 is 10.6 Å². The lowest BCUT2D eigenvalue weighted by atomic mass is 10.0. The summed E-state index contributed by atoms with van der Waals surface area (Å²) in [5, 5.41) is 6.74. The Balaban J connectivity index is 1.89. The van der Waals surface area contributed by atoms with Gasteiger partial charge >= 0.3 is 0 Å². The second kappa shape index (κ2) is 5.67. The Morgan fingerprint density at radius 3 is 2.44 bits per heavy atom. The Morgan fingerprint density at radius 1 is 1.22 bits per heavy atom. The molecule has 1 heterocycles.